The Morgan fingerprint density at radius 1 is 1.19 bits per heavy atom. The monoisotopic (exact) mass is 305 g/mol. The van der Waals surface area contributed by atoms with Gasteiger partial charge < -0.3 is 5.73 Å². The number of nitrogens with zero attached hydrogens (tertiary/aromatic N) is 1. The lowest BCUT2D eigenvalue weighted by molar-refractivity contribution is 0.581. The Bertz CT molecular complexity index is 728. The number of sulfonamides is 1. The number of hydrogen-bond donors (Lipinski definition) is 2. The second-order valence-corrected chi connectivity index (χ2v) is 6.60. The van der Waals surface area contributed by atoms with Crippen LogP contribution in [-0.4, -0.2) is 19.9 Å². The van der Waals surface area contributed by atoms with Crippen molar-refractivity contribution in [2.45, 2.75) is 25.2 Å². The first-order valence-electron chi connectivity index (χ1n) is 6.67. The zero-order valence-electron chi connectivity index (χ0n) is 12.1. The van der Waals surface area contributed by atoms with Crippen molar-refractivity contribution in [3.05, 3.63) is 53.3 Å². The molecule has 0 aliphatic rings. The highest BCUT2D eigenvalue weighted by Crippen LogP contribution is 2.24. The number of nitrogens with two attached hydrogens (primary N) is 1. The van der Waals surface area contributed by atoms with E-state index in [1.165, 1.54) is 0 Å². The maximum atomic E-state index is 12.4. The van der Waals surface area contributed by atoms with Crippen LogP contribution in [0.3, 0.4) is 0 Å². The third kappa shape index (κ3) is 3.59. The highest BCUT2D eigenvalue weighted by atomic mass is 32.2. The van der Waals surface area contributed by atoms with Gasteiger partial charge in [-0.3, -0.25) is 4.98 Å². The summed E-state index contributed by atoms with van der Waals surface area (Å²) < 4.78 is 27.4. The van der Waals surface area contributed by atoms with Gasteiger partial charge in [0.25, 0.3) is 0 Å². The number of benzene rings is 1. The molecule has 0 bridgehead atoms. The second kappa shape index (κ2) is 6.24. The molecular weight excluding hydrogens is 286 g/mol. The van der Waals surface area contributed by atoms with Gasteiger partial charge in [0.15, 0.2) is 0 Å². The predicted molar refractivity (Wildman–Crippen MR) is 83.5 cm³/mol. The molecule has 0 saturated carbocycles. The number of nitrogen functional groups attached to an aromatic ring is 1. The highest BCUT2D eigenvalue weighted by molar-refractivity contribution is 7.89. The summed E-state index contributed by atoms with van der Waals surface area (Å²) in [5, 5.41) is 0. The molecule has 0 saturated heterocycles. The fourth-order valence-electron chi connectivity index (χ4n) is 2.10. The number of rotatable bonds is 5. The Morgan fingerprint density at radius 2 is 1.95 bits per heavy atom. The Balaban J connectivity index is 2.14. The molecule has 1 aromatic carbocycles. The predicted octanol–water partition coefficient (Wildman–Crippen LogP) is 1.80. The minimum atomic E-state index is -3.62. The molecule has 2 rings (SSSR count). The van der Waals surface area contributed by atoms with Gasteiger partial charge in [-0.1, -0.05) is 12.1 Å². The molecule has 0 unspecified atom stereocenters. The Labute approximate surface area is 125 Å². The van der Waals surface area contributed by atoms with Crippen molar-refractivity contribution in [1.29, 1.82) is 0 Å². The van der Waals surface area contributed by atoms with Crippen LogP contribution < -0.4 is 10.5 Å². The fourth-order valence-corrected chi connectivity index (χ4v) is 3.56. The number of aromatic nitrogens is 1. The Hall–Kier alpha value is -1.92. The number of anilines is 1. The van der Waals surface area contributed by atoms with E-state index in [1.54, 1.807) is 19.2 Å². The van der Waals surface area contributed by atoms with Crippen LogP contribution in [0, 0.1) is 13.8 Å². The summed E-state index contributed by atoms with van der Waals surface area (Å²) in [5.41, 5.74) is 8.51. The smallest absolute Gasteiger partial charge is 0.242 e. The largest absolute Gasteiger partial charge is 0.398 e. The van der Waals surface area contributed by atoms with E-state index in [0.29, 0.717) is 12.0 Å². The molecular formula is C15H19N3O2S. The normalized spacial score (nSPS) is 11.5. The van der Waals surface area contributed by atoms with E-state index in [9.17, 15) is 8.42 Å². The molecule has 0 radical (unpaired) electrons. The van der Waals surface area contributed by atoms with Gasteiger partial charge in [0.1, 0.15) is 4.90 Å². The van der Waals surface area contributed by atoms with E-state index >= 15 is 0 Å². The summed E-state index contributed by atoms with van der Waals surface area (Å²) in [6.45, 7) is 3.91. The standard InChI is InChI=1S/C15H19N3O2S/c1-11-6-7-14(16)15(12(11)2)21(19,20)18-10-8-13-5-3-4-9-17-13/h3-7,9,18H,8,10,16H2,1-2H3. The third-order valence-corrected chi connectivity index (χ3v) is 5.04. The van der Waals surface area contributed by atoms with E-state index in [0.717, 1.165) is 11.3 Å². The molecule has 1 heterocycles. The van der Waals surface area contributed by atoms with Gasteiger partial charge in [0.2, 0.25) is 10.0 Å². The zero-order valence-corrected chi connectivity index (χ0v) is 12.9. The molecule has 6 heteroatoms. The summed E-state index contributed by atoms with van der Waals surface area (Å²) >= 11 is 0. The second-order valence-electron chi connectivity index (χ2n) is 4.89. The van der Waals surface area contributed by atoms with Crippen LogP contribution in [0.4, 0.5) is 5.69 Å². The maximum absolute atomic E-state index is 12.4. The van der Waals surface area contributed by atoms with Crippen LogP contribution >= 0.6 is 0 Å². The summed E-state index contributed by atoms with van der Waals surface area (Å²) in [4.78, 5) is 4.33. The van der Waals surface area contributed by atoms with Gasteiger partial charge in [-0.2, -0.15) is 0 Å². The minimum Gasteiger partial charge on any atom is -0.398 e. The molecule has 0 fully saturated rings. The summed E-state index contributed by atoms with van der Waals surface area (Å²) in [7, 11) is -3.62. The van der Waals surface area contributed by atoms with Gasteiger partial charge in [0.05, 0.1) is 5.69 Å². The summed E-state index contributed by atoms with van der Waals surface area (Å²) in [6, 6.07) is 9.00. The van der Waals surface area contributed by atoms with E-state index in [4.69, 9.17) is 5.73 Å². The van der Waals surface area contributed by atoms with Crippen LogP contribution in [0.25, 0.3) is 0 Å². The van der Waals surface area contributed by atoms with Gasteiger partial charge in [0, 0.05) is 24.9 Å². The Morgan fingerprint density at radius 3 is 2.62 bits per heavy atom. The number of hydrogen-bond acceptors (Lipinski definition) is 4. The van der Waals surface area contributed by atoms with Gasteiger partial charge in [-0.25, -0.2) is 13.1 Å². The van der Waals surface area contributed by atoms with E-state index in [1.807, 2.05) is 31.2 Å². The molecule has 0 atom stereocenters. The van der Waals surface area contributed by atoms with E-state index in [2.05, 4.69) is 9.71 Å². The Kier molecular flexibility index (Phi) is 4.59. The van der Waals surface area contributed by atoms with Crippen LogP contribution in [-0.2, 0) is 16.4 Å². The lowest BCUT2D eigenvalue weighted by atomic mass is 10.1. The van der Waals surface area contributed by atoms with Crippen molar-refractivity contribution in [2.75, 3.05) is 12.3 Å². The maximum Gasteiger partial charge on any atom is 0.242 e. The minimum absolute atomic E-state index is 0.170. The van der Waals surface area contributed by atoms with Crippen LogP contribution in [0.5, 0.6) is 0 Å². The van der Waals surface area contributed by atoms with Crippen molar-refractivity contribution in [1.82, 2.24) is 9.71 Å². The molecule has 5 nitrogen and oxygen atoms in total. The third-order valence-electron chi connectivity index (χ3n) is 3.38. The molecule has 0 aliphatic carbocycles. The first-order valence-corrected chi connectivity index (χ1v) is 8.15. The number of pyridine rings is 1. The van der Waals surface area contributed by atoms with Crippen LogP contribution in [0.15, 0.2) is 41.4 Å². The lowest BCUT2D eigenvalue weighted by Crippen LogP contribution is -2.27. The van der Waals surface area contributed by atoms with Crippen LogP contribution in [0.1, 0.15) is 16.8 Å². The molecule has 112 valence electrons. The molecule has 1 aromatic heterocycles. The lowest BCUT2D eigenvalue weighted by Gasteiger charge is -2.13. The highest BCUT2D eigenvalue weighted by Gasteiger charge is 2.20. The van der Waals surface area contributed by atoms with Crippen LogP contribution in [0.2, 0.25) is 0 Å². The van der Waals surface area contributed by atoms with Crippen molar-refractivity contribution >= 4 is 15.7 Å². The summed E-state index contributed by atoms with van der Waals surface area (Å²) in [6.07, 6.45) is 2.22. The first-order chi connectivity index (χ1) is 9.92. The van der Waals surface area contributed by atoms with Crippen molar-refractivity contribution < 1.29 is 8.42 Å². The van der Waals surface area contributed by atoms with Crippen molar-refractivity contribution in [3.63, 3.8) is 0 Å². The quantitative estimate of drug-likeness (QED) is 0.825. The SMILES string of the molecule is Cc1ccc(N)c(S(=O)(=O)NCCc2ccccn2)c1C. The summed E-state index contributed by atoms with van der Waals surface area (Å²) in [5.74, 6) is 0. The topological polar surface area (TPSA) is 85.1 Å². The van der Waals surface area contributed by atoms with Gasteiger partial charge in [-0.05, 0) is 43.2 Å². The van der Waals surface area contributed by atoms with E-state index < -0.39 is 10.0 Å². The molecule has 0 amide bonds. The average molecular weight is 305 g/mol. The van der Waals surface area contributed by atoms with Gasteiger partial charge >= 0.3 is 0 Å². The molecule has 0 spiro atoms. The molecule has 0 aliphatic heterocycles. The number of aryl methyl sites for hydroxylation is 1. The number of nitrogens with one attached hydrogen (secondary N) is 1. The zero-order chi connectivity index (χ0) is 15.5. The molecule has 21 heavy (non-hydrogen) atoms. The van der Waals surface area contributed by atoms with Gasteiger partial charge in [-0.15, -0.1) is 0 Å². The fraction of sp³-hybridized carbons (Fsp3) is 0.267. The van der Waals surface area contributed by atoms with Crippen molar-refractivity contribution in [3.8, 4) is 0 Å². The van der Waals surface area contributed by atoms with Crippen molar-refractivity contribution in [2.24, 2.45) is 0 Å². The van der Waals surface area contributed by atoms with E-state index in [-0.39, 0.29) is 17.1 Å². The molecule has 3 N–H and O–H groups in total. The average Bonchev–Trinajstić information content (AvgIpc) is 2.44. The first kappa shape index (κ1) is 15.5. The molecule has 2 aromatic rings.